The normalized spacial score (nSPS) is 10.6. The number of para-hydroxylation sites is 1. The first-order valence-electron chi connectivity index (χ1n) is 8.19. The fourth-order valence-corrected chi connectivity index (χ4v) is 2.61. The van der Waals surface area contributed by atoms with Crippen LogP contribution in [0, 0.1) is 5.82 Å². The lowest BCUT2D eigenvalue weighted by Gasteiger charge is -2.09. The number of hydrogen-bond donors (Lipinski definition) is 2. The molecule has 4 aromatic rings. The Balaban J connectivity index is 1.51. The van der Waals surface area contributed by atoms with E-state index in [0.29, 0.717) is 11.5 Å². The van der Waals surface area contributed by atoms with Gasteiger partial charge in [0.15, 0.2) is 0 Å². The van der Waals surface area contributed by atoms with E-state index in [2.05, 4.69) is 25.6 Å². The first kappa shape index (κ1) is 16.6. The summed E-state index contributed by atoms with van der Waals surface area (Å²) in [6.45, 7) is 0. The molecule has 0 saturated heterocycles. The third kappa shape index (κ3) is 3.72. The molecule has 7 heteroatoms. The summed E-state index contributed by atoms with van der Waals surface area (Å²) >= 11 is 0. The molecule has 0 atom stereocenters. The van der Waals surface area contributed by atoms with Crippen LogP contribution in [0.3, 0.4) is 0 Å². The van der Waals surface area contributed by atoms with E-state index in [4.69, 9.17) is 0 Å². The monoisotopic (exact) mass is 359 g/mol. The Kier molecular flexibility index (Phi) is 4.40. The summed E-state index contributed by atoms with van der Waals surface area (Å²) in [4.78, 5) is 24.9. The molecule has 0 unspecified atom stereocenters. The summed E-state index contributed by atoms with van der Waals surface area (Å²) in [5.41, 5.74) is 2.08. The summed E-state index contributed by atoms with van der Waals surface area (Å²) in [5, 5.41) is 6.73. The molecule has 0 radical (unpaired) electrons. The lowest BCUT2D eigenvalue weighted by molar-refractivity contribution is 0.102. The highest BCUT2D eigenvalue weighted by atomic mass is 19.1. The number of hydrogen-bond acceptors (Lipinski definition) is 5. The number of nitrogens with one attached hydrogen (secondary N) is 2. The van der Waals surface area contributed by atoms with E-state index in [9.17, 15) is 9.18 Å². The molecule has 2 aromatic carbocycles. The van der Waals surface area contributed by atoms with Gasteiger partial charge < -0.3 is 10.6 Å². The zero-order chi connectivity index (χ0) is 18.6. The highest BCUT2D eigenvalue weighted by Gasteiger charge is 2.10. The van der Waals surface area contributed by atoms with Crippen LogP contribution in [-0.4, -0.2) is 20.9 Å². The minimum absolute atomic E-state index is 0.126. The fourth-order valence-electron chi connectivity index (χ4n) is 2.61. The molecule has 0 saturated carbocycles. The Morgan fingerprint density at radius 1 is 0.926 bits per heavy atom. The predicted molar refractivity (Wildman–Crippen MR) is 101 cm³/mol. The van der Waals surface area contributed by atoms with E-state index < -0.39 is 11.7 Å². The summed E-state index contributed by atoms with van der Waals surface area (Å²) in [5.74, 6) is -0.413. The Hall–Kier alpha value is -3.87. The predicted octanol–water partition coefficient (Wildman–Crippen LogP) is 4.16. The highest BCUT2D eigenvalue weighted by Crippen LogP contribution is 2.23. The number of halogens is 1. The maximum Gasteiger partial charge on any atom is 0.275 e. The third-order valence-corrected chi connectivity index (χ3v) is 3.86. The molecule has 6 nitrogen and oxygen atoms in total. The van der Waals surface area contributed by atoms with Crippen LogP contribution in [0.5, 0.6) is 0 Å². The smallest absolute Gasteiger partial charge is 0.275 e. The molecule has 132 valence electrons. The highest BCUT2D eigenvalue weighted by molar-refractivity contribution is 6.02. The van der Waals surface area contributed by atoms with Crippen molar-refractivity contribution in [2.45, 2.75) is 0 Å². The number of carbonyl (C=O) groups is 1. The van der Waals surface area contributed by atoms with Crippen molar-refractivity contribution in [1.82, 2.24) is 15.0 Å². The molecule has 0 bridgehead atoms. The summed E-state index contributed by atoms with van der Waals surface area (Å²) in [6.07, 6.45) is 4.54. The van der Waals surface area contributed by atoms with Crippen LogP contribution < -0.4 is 10.6 Å². The topological polar surface area (TPSA) is 79.8 Å². The van der Waals surface area contributed by atoms with Gasteiger partial charge in [-0.25, -0.2) is 14.4 Å². The molecule has 0 aliphatic heterocycles. The lowest BCUT2D eigenvalue weighted by atomic mass is 10.2. The molecule has 27 heavy (non-hydrogen) atoms. The zero-order valence-corrected chi connectivity index (χ0v) is 14.1. The van der Waals surface area contributed by atoms with Gasteiger partial charge in [-0.1, -0.05) is 24.3 Å². The molecule has 2 aromatic heterocycles. The van der Waals surface area contributed by atoms with E-state index in [1.165, 1.54) is 30.6 Å². The molecule has 1 amide bonds. The van der Waals surface area contributed by atoms with Gasteiger partial charge in [0.05, 0.1) is 23.6 Å². The Bertz CT molecular complexity index is 1110. The second-order valence-corrected chi connectivity index (χ2v) is 5.76. The van der Waals surface area contributed by atoms with E-state index in [0.717, 1.165) is 16.6 Å². The number of carbonyl (C=O) groups excluding carboxylic acids is 1. The van der Waals surface area contributed by atoms with Gasteiger partial charge in [-0.3, -0.25) is 9.78 Å². The van der Waals surface area contributed by atoms with Crippen molar-refractivity contribution in [3.63, 3.8) is 0 Å². The van der Waals surface area contributed by atoms with Crippen LogP contribution in [0.4, 0.5) is 21.6 Å². The largest absolute Gasteiger partial charge is 0.337 e. The molecule has 2 N–H and O–H groups in total. The van der Waals surface area contributed by atoms with Crippen molar-refractivity contribution in [3.8, 4) is 0 Å². The van der Waals surface area contributed by atoms with Gasteiger partial charge in [0, 0.05) is 17.3 Å². The van der Waals surface area contributed by atoms with Gasteiger partial charge in [-0.05, 0) is 30.3 Å². The fraction of sp³-hybridized carbons (Fsp3) is 0. The van der Waals surface area contributed by atoms with Crippen LogP contribution >= 0.6 is 0 Å². The van der Waals surface area contributed by atoms with Crippen molar-refractivity contribution >= 4 is 34.0 Å². The average molecular weight is 359 g/mol. The summed E-state index contributed by atoms with van der Waals surface area (Å²) < 4.78 is 13.2. The van der Waals surface area contributed by atoms with Gasteiger partial charge in [0.1, 0.15) is 17.3 Å². The number of rotatable bonds is 4. The van der Waals surface area contributed by atoms with Crippen LogP contribution in [0.25, 0.3) is 10.9 Å². The standard InChI is InChI=1S/C20H14FN5O/c21-14-6-2-7-15(10-14)25-20(27)17-11-24-18(12-23-17)26-16-8-1-4-13-5-3-9-22-19(13)16/h1-12H,(H,24,26)(H,25,27). The zero-order valence-electron chi connectivity index (χ0n) is 14.1. The van der Waals surface area contributed by atoms with Crippen molar-refractivity contribution < 1.29 is 9.18 Å². The first-order valence-corrected chi connectivity index (χ1v) is 8.19. The van der Waals surface area contributed by atoms with E-state index in [1.54, 1.807) is 12.3 Å². The van der Waals surface area contributed by atoms with Gasteiger partial charge in [0.2, 0.25) is 0 Å². The van der Waals surface area contributed by atoms with Crippen LogP contribution in [-0.2, 0) is 0 Å². The Morgan fingerprint density at radius 2 is 1.78 bits per heavy atom. The number of pyridine rings is 1. The van der Waals surface area contributed by atoms with E-state index >= 15 is 0 Å². The van der Waals surface area contributed by atoms with Gasteiger partial charge >= 0.3 is 0 Å². The second-order valence-electron chi connectivity index (χ2n) is 5.76. The SMILES string of the molecule is O=C(Nc1cccc(F)c1)c1cnc(Nc2cccc3cccnc23)cn1. The molecule has 0 fully saturated rings. The number of anilines is 3. The molecule has 2 heterocycles. The molecule has 0 aliphatic carbocycles. The van der Waals surface area contributed by atoms with Crippen LogP contribution in [0.1, 0.15) is 10.5 Å². The van der Waals surface area contributed by atoms with Gasteiger partial charge in [-0.2, -0.15) is 0 Å². The van der Waals surface area contributed by atoms with Crippen LogP contribution in [0.15, 0.2) is 73.2 Å². The maximum absolute atomic E-state index is 13.2. The van der Waals surface area contributed by atoms with Crippen molar-refractivity contribution in [1.29, 1.82) is 0 Å². The average Bonchev–Trinajstić information content (AvgIpc) is 2.69. The quantitative estimate of drug-likeness (QED) is 0.572. The molecular formula is C20H14FN5O. The summed E-state index contributed by atoms with van der Waals surface area (Å²) in [6, 6.07) is 15.3. The molecule has 0 spiro atoms. The number of amides is 1. The number of aromatic nitrogens is 3. The van der Waals surface area contributed by atoms with E-state index in [-0.39, 0.29) is 5.69 Å². The minimum atomic E-state index is -0.466. The number of benzene rings is 2. The first-order chi connectivity index (χ1) is 13.2. The summed E-state index contributed by atoms with van der Waals surface area (Å²) in [7, 11) is 0. The third-order valence-electron chi connectivity index (χ3n) is 3.86. The maximum atomic E-state index is 13.2. The van der Waals surface area contributed by atoms with Gasteiger partial charge in [0.25, 0.3) is 5.91 Å². The van der Waals surface area contributed by atoms with Crippen molar-refractivity contribution in [2.75, 3.05) is 10.6 Å². The van der Waals surface area contributed by atoms with Gasteiger partial charge in [-0.15, -0.1) is 0 Å². The minimum Gasteiger partial charge on any atom is -0.337 e. The molecule has 0 aliphatic rings. The van der Waals surface area contributed by atoms with E-state index in [1.807, 2.05) is 30.3 Å². The van der Waals surface area contributed by atoms with Crippen LogP contribution in [0.2, 0.25) is 0 Å². The second kappa shape index (κ2) is 7.17. The Morgan fingerprint density at radius 3 is 2.59 bits per heavy atom. The lowest BCUT2D eigenvalue weighted by Crippen LogP contribution is -2.14. The van der Waals surface area contributed by atoms with Crippen molar-refractivity contribution in [3.05, 3.63) is 84.7 Å². The number of fused-ring (bicyclic) bond motifs is 1. The molecular weight excluding hydrogens is 345 g/mol. The van der Waals surface area contributed by atoms with Crippen molar-refractivity contribution in [2.24, 2.45) is 0 Å². The molecule has 4 rings (SSSR count). The Labute approximate surface area is 154 Å². The number of nitrogens with zero attached hydrogens (tertiary/aromatic N) is 3.